The highest BCUT2D eigenvalue weighted by Gasteiger charge is 2.28. The van der Waals surface area contributed by atoms with Crippen LogP contribution in [0.25, 0.3) is 0 Å². The number of fused-ring (bicyclic) bond motifs is 2. The highest BCUT2D eigenvalue weighted by molar-refractivity contribution is 8.14. The Hall–Kier alpha value is -3.28. The average molecular weight is 557 g/mol. The van der Waals surface area contributed by atoms with E-state index in [1.54, 1.807) is 18.5 Å². The number of aromatic nitrogens is 2. The van der Waals surface area contributed by atoms with Gasteiger partial charge in [0, 0.05) is 29.9 Å². The summed E-state index contributed by atoms with van der Waals surface area (Å²) < 4.78 is 14.6. The molecule has 0 bridgehead atoms. The zero-order valence-electron chi connectivity index (χ0n) is 19.4. The fraction of sp³-hybridized carbons (Fsp3) is 0.240. The van der Waals surface area contributed by atoms with E-state index in [0.29, 0.717) is 30.6 Å². The van der Waals surface area contributed by atoms with Gasteiger partial charge in [0.05, 0.1) is 22.7 Å². The highest BCUT2D eigenvalue weighted by atomic mass is 35.5. The minimum absolute atomic E-state index is 0.0478. The molecule has 12 heteroatoms. The van der Waals surface area contributed by atoms with Crippen LogP contribution in [0.5, 0.6) is 0 Å². The van der Waals surface area contributed by atoms with Crippen LogP contribution in [0.2, 0.25) is 5.02 Å². The van der Waals surface area contributed by atoms with Crippen molar-refractivity contribution in [3.63, 3.8) is 0 Å². The number of nitrogens with one attached hydrogen (secondary N) is 4. The second kappa shape index (κ2) is 11.0. The Morgan fingerprint density at radius 3 is 2.81 bits per heavy atom. The molecule has 37 heavy (non-hydrogen) atoms. The molecule has 0 radical (unpaired) electrons. The standard InChI is InChI=1S/C25H22ClFN6O2S2/c26-18-10-14(23(34)30-20-7-9-37-24(20)35)11-29-22(18)32-33-25(36)31-21-16-2-1-3-19(27)15(16)5-4-13-6-8-28-12-17(13)21/h1-3,6,8,10-12,20-21H,4-5,7,9H2,(H,29,32)(H,30,34)(H2,31,33,36)/t20-,21?/m1/s1. The lowest BCUT2D eigenvalue weighted by Crippen LogP contribution is -2.41. The molecular formula is C25H22ClFN6O2S2. The fourth-order valence-electron chi connectivity index (χ4n) is 4.42. The van der Waals surface area contributed by atoms with Gasteiger partial charge in [-0.15, -0.1) is 0 Å². The van der Waals surface area contributed by atoms with E-state index < -0.39 is 18.0 Å². The van der Waals surface area contributed by atoms with Crippen LogP contribution in [0.3, 0.4) is 0 Å². The number of amides is 1. The number of carbonyl (C=O) groups excluding carboxylic acids is 2. The van der Waals surface area contributed by atoms with Crippen LogP contribution in [0.4, 0.5) is 10.2 Å². The van der Waals surface area contributed by atoms with E-state index in [4.69, 9.17) is 23.8 Å². The first-order chi connectivity index (χ1) is 17.9. The van der Waals surface area contributed by atoms with Gasteiger partial charge in [-0.2, -0.15) is 0 Å². The van der Waals surface area contributed by atoms with E-state index >= 15 is 0 Å². The van der Waals surface area contributed by atoms with E-state index in [2.05, 4.69) is 31.5 Å². The molecule has 3 aromatic rings. The predicted molar refractivity (Wildman–Crippen MR) is 145 cm³/mol. The molecule has 0 saturated carbocycles. The molecule has 0 spiro atoms. The van der Waals surface area contributed by atoms with Crippen molar-refractivity contribution >= 4 is 57.5 Å². The predicted octanol–water partition coefficient (Wildman–Crippen LogP) is 3.71. The zero-order chi connectivity index (χ0) is 25.9. The summed E-state index contributed by atoms with van der Waals surface area (Å²) in [6.45, 7) is 0. The molecular weight excluding hydrogens is 535 g/mol. The number of benzene rings is 1. The first kappa shape index (κ1) is 25.4. The van der Waals surface area contributed by atoms with Crippen molar-refractivity contribution in [2.75, 3.05) is 11.2 Å². The molecule has 1 saturated heterocycles. The Morgan fingerprint density at radius 1 is 1.16 bits per heavy atom. The van der Waals surface area contributed by atoms with E-state index in [0.717, 1.165) is 16.7 Å². The summed E-state index contributed by atoms with van der Waals surface area (Å²) in [5, 5.41) is 6.32. The van der Waals surface area contributed by atoms with Crippen LogP contribution < -0.4 is 21.5 Å². The average Bonchev–Trinajstić information content (AvgIpc) is 3.22. The molecule has 1 unspecified atom stereocenters. The molecule has 4 N–H and O–H groups in total. The van der Waals surface area contributed by atoms with Crippen LogP contribution in [0.15, 0.2) is 48.9 Å². The summed E-state index contributed by atoms with van der Waals surface area (Å²) in [6.07, 6.45) is 6.72. The van der Waals surface area contributed by atoms with Gasteiger partial charge < -0.3 is 10.6 Å². The Labute approximate surface area is 227 Å². The van der Waals surface area contributed by atoms with E-state index in [1.807, 2.05) is 12.1 Å². The number of nitrogens with zero attached hydrogens (tertiary/aromatic N) is 2. The normalized spacial score (nSPS) is 18.3. The van der Waals surface area contributed by atoms with E-state index in [9.17, 15) is 14.0 Å². The summed E-state index contributed by atoms with van der Waals surface area (Å²) in [4.78, 5) is 32.7. The maximum Gasteiger partial charge on any atom is 0.253 e. The molecule has 3 heterocycles. The van der Waals surface area contributed by atoms with Crippen LogP contribution in [0.1, 0.15) is 45.1 Å². The number of aryl methyl sites for hydroxylation is 1. The molecule has 1 aliphatic carbocycles. The topological polar surface area (TPSA) is 108 Å². The van der Waals surface area contributed by atoms with Gasteiger partial charge in [0.25, 0.3) is 5.91 Å². The quantitative estimate of drug-likeness (QED) is 0.276. The summed E-state index contributed by atoms with van der Waals surface area (Å²) in [6, 6.07) is 7.52. The van der Waals surface area contributed by atoms with Crippen LogP contribution in [0, 0.1) is 5.82 Å². The van der Waals surface area contributed by atoms with Gasteiger partial charge in [-0.25, -0.2) is 9.37 Å². The molecule has 1 aromatic carbocycles. The van der Waals surface area contributed by atoms with Gasteiger partial charge in [-0.05, 0) is 66.4 Å². The number of hydrogen-bond acceptors (Lipinski definition) is 7. The fourth-order valence-corrected chi connectivity index (χ4v) is 5.74. The molecule has 2 atom stereocenters. The number of hydrazine groups is 1. The largest absolute Gasteiger partial charge is 0.350 e. The molecule has 2 aromatic heterocycles. The molecule has 1 fully saturated rings. The number of anilines is 1. The lowest BCUT2D eigenvalue weighted by Gasteiger charge is -2.23. The van der Waals surface area contributed by atoms with E-state index in [-0.39, 0.29) is 32.4 Å². The lowest BCUT2D eigenvalue weighted by atomic mass is 9.96. The third-order valence-electron chi connectivity index (χ3n) is 6.28. The smallest absolute Gasteiger partial charge is 0.253 e. The molecule has 2 aliphatic rings. The Bertz CT molecular complexity index is 1390. The molecule has 190 valence electrons. The summed E-state index contributed by atoms with van der Waals surface area (Å²) >= 11 is 13.1. The van der Waals surface area contributed by atoms with Crippen molar-refractivity contribution in [3.8, 4) is 0 Å². The monoisotopic (exact) mass is 556 g/mol. The number of pyridine rings is 2. The number of thioether (sulfide) groups is 1. The van der Waals surface area contributed by atoms with Gasteiger partial charge in [0.15, 0.2) is 10.9 Å². The Kier molecular flexibility index (Phi) is 7.54. The number of hydrogen-bond donors (Lipinski definition) is 4. The summed E-state index contributed by atoms with van der Waals surface area (Å²) in [5.74, 6) is 0.273. The maximum atomic E-state index is 14.6. The van der Waals surface area contributed by atoms with Crippen molar-refractivity contribution in [2.24, 2.45) is 0 Å². The Balaban J connectivity index is 1.27. The first-order valence-corrected chi connectivity index (χ1v) is 13.3. The number of thiocarbonyl (C=S) groups is 1. The number of halogens is 2. The third-order valence-corrected chi connectivity index (χ3v) is 7.80. The summed E-state index contributed by atoms with van der Waals surface area (Å²) in [7, 11) is 0. The molecule has 8 nitrogen and oxygen atoms in total. The number of carbonyl (C=O) groups is 2. The van der Waals surface area contributed by atoms with Crippen molar-refractivity contribution in [1.82, 2.24) is 26.0 Å². The second-order valence-electron chi connectivity index (χ2n) is 8.58. The second-order valence-corrected chi connectivity index (χ2v) is 10.5. The zero-order valence-corrected chi connectivity index (χ0v) is 21.8. The summed E-state index contributed by atoms with van der Waals surface area (Å²) in [5.41, 5.74) is 9.36. The third kappa shape index (κ3) is 5.53. The van der Waals surface area contributed by atoms with Crippen molar-refractivity contribution in [3.05, 3.63) is 87.6 Å². The van der Waals surface area contributed by atoms with Crippen molar-refractivity contribution < 1.29 is 14.0 Å². The highest BCUT2D eigenvalue weighted by Crippen LogP contribution is 2.33. The Morgan fingerprint density at radius 2 is 2.03 bits per heavy atom. The molecule has 1 amide bonds. The molecule has 5 rings (SSSR count). The first-order valence-electron chi connectivity index (χ1n) is 11.6. The minimum atomic E-state index is -0.498. The van der Waals surface area contributed by atoms with Gasteiger partial charge >= 0.3 is 0 Å². The van der Waals surface area contributed by atoms with Crippen LogP contribution in [-0.4, -0.2) is 37.9 Å². The maximum absolute atomic E-state index is 14.6. The van der Waals surface area contributed by atoms with E-state index in [1.165, 1.54) is 30.1 Å². The SMILES string of the molecule is O=C(N[C@@H]1CCSC1=O)c1cnc(NNC(=S)NC2c3cnccc3CCc3c(F)cccc32)c(Cl)c1. The molecule has 1 aliphatic heterocycles. The van der Waals surface area contributed by atoms with Crippen molar-refractivity contribution in [2.45, 2.75) is 31.3 Å². The van der Waals surface area contributed by atoms with Crippen LogP contribution in [-0.2, 0) is 17.6 Å². The van der Waals surface area contributed by atoms with Gasteiger partial charge in [-0.3, -0.25) is 25.4 Å². The van der Waals surface area contributed by atoms with Gasteiger partial charge in [0.1, 0.15) is 5.82 Å². The van der Waals surface area contributed by atoms with Crippen LogP contribution >= 0.6 is 35.6 Å². The lowest BCUT2D eigenvalue weighted by molar-refractivity contribution is -0.112. The minimum Gasteiger partial charge on any atom is -0.350 e. The van der Waals surface area contributed by atoms with Gasteiger partial charge in [-0.1, -0.05) is 35.5 Å². The number of rotatable bonds is 5. The van der Waals surface area contributed by atoms with Crippen molar-refractivity contribution in [1.29, 1.82) is 0 Å². The van der Waals surface area contributed by atoms with Gasteiger partial charge in [0.2, 0.25) is 5.12 Å².